The van der Waals surface area contributed by atoms with Crippen LogP contribution in [0.5, 0.6) is 0 Å². The number of aromatic nitrogens is 3. The van der Waals surface area contributed by atoms with E-state index in [1.165, 1.54) is 62.4 Å². The summed E-state index contributed by atoms with van der Waals surface area (Å²) in [5.74, 6) is 3.06. The number of hydrogen-bond acceptors (Lipinski definition) is 5. The molecule has 1 amide bonds. The summed E-state index contributed by atoms with van der Waals surface area (Å²) in [7, 11) is 0. The molecule has 7 rings (SSSR count). The van der Waals surface area contributed by atoms with E-state index in [4.69, 9.17) is 0 Å². The molecular formula is C27H36FN5OS. The van der Waals surface area contributed by atoms with Gasteiger partial charge in [0, 0.05) is 11.2 Å². The Balaban J connectivity index is 1.20. The first-order chi connectivity index (χ1) is 17.0. The third-order valence-corrected chi connectivity index (χ3v) is 9.72. The van der Waals surface area contributed by atoms with Crippen LogP contribution in [0.4, 0.5) is 4.39 Å². The summed E-state index contributed by atoms with van der Waals surface area (Å²) in [6, 6.07) is 6.47. The van der Waals surface area contributed by atoms with Crippen LogP contribution in [0.2, 0.25) is 0 Å². The number of benzene rings is 1. The summed E-state index contributed by atoms with van der Waals surface area (Å²) in [5, 5.41) is 12.9. The highest BCUT2D eigenvalue weighted by Crippen LogP contribution is 2.55. The fourth-order valence-corrected chi connectivity index (χ4v) is 8.37. The monoisotopic (exact) mass is 497 g/mol. The molecular weight excluding hydrogens is 461 g/mol. The van der Waals surface area contributed by atoms with Crippen LogP contribution in [-0.2, 0) is 11.3 Å². The Labute approximate surface area is 211 Å². The van der Waals surface area contributed by atoms with E-state index in [1.54, 1.807) is 12.1 Å². The predicted octanol–water partition coefficient (Wildman–Crippen LogP) is 4.96. The van der Waals surface area contributed by atoms with Crippen molar-refractivity contribution in [1.82, 2.24) is 25.0 Å². The molecule has 1 N–H and O–H groups in total. The quantitative estimate of drug-likeness (QED) is 0.548. The molecule has 1 aromatic heterocycles. The second-order valence-electron chi connectivity index (χ2n) is 11.5. The maximum atomic E-state index is 13.7. The highest BCUT2D eigenvalue weighted by atomic mass is 32.2. The van der Waals surface area contributed by atoms with Crippen molar-refractivity contribution in [3.63, 3.8) is 0 Å². The molecule has 5 fully saturated rings. The molecule has 5 aliphatic rings. The largest absolute Gasteiger partial charge is 0.350 e. The van der Waals surface area contributed by atoms with Gasteiger partial charge in [0.1, 0.15) is 5.82 Å². The average molecular weight is 498 g/mol. The van der Waals surface area contributed by atoms with E-state index >= 15 is 0 Å². The van der Waals surface area contributed by atoms with E-state index < -0.39 is 0 Å². The first kappa shape index (κ1) is 23.5. The van der Waals surface area contributed by atoms with Crippen molar-refractivity contribution < 1.29 is 9.18 Å². The minimum Gasteiger partial charge on any atom is -0.350 e. The summed E-state index contributed by atoms with van der Waals surface area (Å²) in [4.78, 5) is 15.8. The van der Waals surface area contributed by atoms with Crippen molar-refractivity contribution in [2.75, 3.05) is 13.1 Å². The number of hydrogen-bond donors (Lipinski definition) is 1. The van der Waals surface area contributed by atoms with E-state index in [0.717, 1.165) is 61.6 Å². The Morgan fingerprint density at radius 1 is 1.06 bits per heavy atom. The van der Waals surface area contributed by atoms with Crippen molar-refractivity contribution in [3.05, 3.63) is 35.9 Å². The summed E-state index contributed by atoms with van der Waals surface area (Å²) < 4.78 is 15.7. The fraction of sp³-hybridized carbons (Fsp3) is 0.667. The number of likely N-dealkylation sites (tertiary alicyclic amines) is 1. The predicted molar refractivity (Wildman–Crippen MR) is 135 cm³/mol. The zero-order valence-electron chi connectivity index (χ0n) is 20.6. The third kappa shape index (κ3) is 4.88. The van der Waals surface area contributed by atoms with Gasteiger partial charge < -0.3 is 5.32 Å². The number of thioether (sulfide) groups is 1. The van der Waals surface area contributed by atoms with Crippen molar-refractivity contribution in [2.24, 2.45) is 17.8 Å². The number of rotatable bonds is 7. The highest BCUT2D eigenvalue weighted by Gasteiger charge is 2.51. The van der Waals surface area contributed by atoms with E-state index in [2.05, 4.69) is 20.4 Å². The van der Waals surface area contributed by atoms with E-state index in [9.17, 15) is 9.18 Å². The molecule has 0 spiro atoms. The lowest BCUT2D eigenvalue weighted by atomic mass is 9.53. The molecule has 2 heterocycles. The normalized spacial score (nSPS) is 31.0. The molecule has 188 valence electrons. The van der Waals surface area contributed by atoms with Gasteiger partial charge in [0.15, 0.2) is 11.0 Å². The van der Waals surface area contributed by atoms with Crippen molar-refractivity contribution in [2.45, 2.75) is 87.2 Å². The summed E-state index contributed by atoms with van der Waals surface area (Å²) in [5.41, 5.74) is 0.838. The molecule has 2 aromatic rings. The molecule has 1 aliphatic heterocycles. The number of nitrogens with zero attached hydrogens (tertiary/aromatic N) is 4. The number of carbonyl (C=O) groups is 1. The average Bonchev–Trinajstić information content (AvgIpc) is 3.20. The van der Waals surface area contributed by atoms with Crippen LogP contribution in [0.25, 0.3) is 5.69 Å². The zero-order valence-corrected chi connectivity index (χ0v) is 21.4. The van der Waals surface area contributed by atoms with Gasteiger partial charge in [0.05, 0.1) is 11.8 Å². The van der Waals surface area contributed by atoms with Crippen LogP contribution in [0, 0.1) is 23.6 Å². The number of nitrogens with one attached hydrogen (secondary N) is 1. The van der Waals surface area contributed by atoms with Gasteiger partial charge in [0.2, 0.25) is 5.91 Å². The lowest BCUT2D eigenvalue weighted by Gasteiger charge is -2.57. The van der Waals surface area contributed by atoms with Crippen LogP contribution in [0.3, 0.4) is 0 Å². The summed E-state index contributed by atoms with van der Waals surface area (Å²) in [6.45, 7) is 4.79. The van der Waals surface area contributed by atoms with Crippen LogP contribution in [0.15, 0.2) is 29.4 Å². The minimum atomic E-state index is -0.283. The number of halogens is 1. The van der Waals surface area contributed by atoms with Crippen LogP contribution < -0.4 is 5.32 Å². The zero-order chi connectivity index (χ0) is 24.0. The summed E-state index contributed by atoms with van der Waals surface area (Å²) in [6.07, 6.45) is 11.2. The van der Waals surface area contributed by atoms with E-state index in [1.807, 2.05) is 11.5 Å². The topological polar surface area (TPSA) is 63.1 Å². The van der Waals surface area contributed by atoms with Crippen molar-refractivity contribution in [3.8, 4) is 5.69 Å². The fourth-order valence-electron chi connectivity index (χ4n) is 7.48. The lowest BCUT2D eigenvalue weighted by molar-refractivity contribution is -0.126. The standard InChI is InChI=1S/C27H36FN5OS/c1-18(25(34)29-27-14-19-11-20(15-27)13-21(12-19)16-27)35-26-31-30-24(17-32-9-3-2-4-10-32)33(26)23-7-5-22(28)6-8-23/h5-8,18-21H,2-4,9-17H2,1H3,(H,29,34)/t18-,19?,20?,21?,27?/m0/s1. The molecule has 4 aliphatic carbocycles. The molecule has 0 unspecified atom stereocenters. The maximum Gasteiger partial charge on any atom is 0.233 e. The van der Waals surface area contributed by atoms with Crippen molar-refractivity contribution in [1.29, 1.82) is 0 Å². The third-order valence-electron chi connectivity index (χ3n) is 8.68. The second kappa shape index (κ2) is 9.51. The maximum absolute atomic E-state index is 13.7. The first-order valence-electron chi connectivity index (χ1n) is 13.4. The van der Waals surface area contributed by atoms with Crippen LogP contribution >= 0.6 is 11.8 Å². The van der Waals surface area contributed by atoms with Gasteiger partial charge in [-0.15, -0.1) is 10.2 Å². The summed E-state index contributed by atoms with van der Waals surface area (Å²) >= 11 is 1.45. The van der Waals surface area contributed by atoms with E-state index in [-0.39, 0.29) is 22.5 Å². The lowest BCUT2D eigenvalue weighted by Crippen LogP contribution is -2.60. The molecule has 0 radical (unpaired) electrons. The van der Waals surface area contributed by atoms with Crippen molar-refractivity contribution >= 4 is 17.7 Å². The molecule has 1 aromatic carbocycles. The molecule has 1 atom stereocenters. The SMILES string of the molecule is C[C@H](Sc1nnc(CN2CCCCC2)n1-c1ccc(F)cc1)C(=O)NC12CC3CC(CC(C3)C1)C2. The van der Waals surface area contributed by atoms with Gasteiger partial charge in [-0.05, 0) is 113 Å². The minimum absolute atomic E-state index is 0.00467. The Kier molecular flexibility index (Phi) is 6.37. The number of amides is 1. The molecule has 1 saturated heterocycles. The van der Waals surface area contributed by atoms with Crippen LogP contribution in [-0.4, -0.2) is 49.4 Å². The smallest absolute Gasteiger partial charge is 0.233 e. The Hall–Kier alpha value is -1.93. The van der Waals surface area contributed by atoms with Gasteiger partial charge in [-0.2, -0.15) is 0 Å². The second-order valence-corrected chi connectivity index (χ2v) is 12.8. The van der Waals surface area contributed by atoms with Gasteiger partial charge in [0.25, 0.3) is 0 Å². The van der Waals surface area contributed by atoms with E-state index in [0.29, 0.717) is 11.7 Å². The first-order valence-corrected chi connectivity index (χ1v) is 14.3. The van der Waals surface area contributed by atoms with Gasteiger partial charge in [-0.3, -0.25) is 14.3 Å². The Bertz CT molecular complexity index is 1030. The Morgan fingerprint density at radius 3 is 2.31 bits per heavy atom. The van der Waals surface area contributed by atoms with Crippen LogP contribution in [0.1, 0.15) is 70.5 Å². The molecule has 8 heteroatoms. The molecule has 6 nitrogen and oxygen atoms in total. The van der Waals surface area contributed by atoms with Gasteiger partial charge in [-0.1, -0.05) is 18.2 Å². The van der Waals surface area contributed by atoms with Gasteiger partial charge >= 0.3 is 0 Å². The number of piperidine rings is 1. The highest BCUT2D eigenvalue weighted by molar-refractivity contribution is 8.00. The number of carbonyl (C=O) groups excluding carboxylic acids is 1. The molecule has 4 bridgehead atoms. The molecule has 4 saturated carbocycles. The van der Waals surface area contributed by atoms with Gasteiger partial charge in [-0.25, -0.2) is 4.39 Å². The Morgan fingerprint density at radius 2 is 1.69 bits per heavy atom. The molecule has 35 heavy (non-hydrogen) atoms.